The van der Waals surface area contributed by atoms with Gasteiger partial charge in [0, 0.05) is 34.5 Å². The largest absolute Gasteiger partial charge is 0.324 e. The minimum atomic E-state index is -0.391. The summed E-state index contributed by atoms with van der Waals surface area (Å²) in [5, 5.41) is 12.0. The number of aromatic amines is 1. The molecule has 4 rings (SSSR count). The smallest absolute Gasteiger partial charge is 0.158 e. The molecule has 4 aromatic rings. The summed E-state index contributed by atoms with van der Waals surface area (Å²) in [5.41, 5.74) is 12.9. The molecule has 0 radical (unpaired) electrons. The van der Waals surface area contributed by atoms with E-state index in [-0.39, 0.29) is 11.7 Å². The molecule has 0 saturated heterocycles. The number of pyridine rings is 1. The van der Waals surface area contributed by atoms with Gasteiger partial charge in [-0.1, -0.05) is 13.8 Å². The van der Waals surface area contributed by atoms with Gasteiger partial charge in [-0.25, -0.2) is 13.9 Å². The number of hydrogen-bond acceptors (Lipinski definition) is 4. The van der Waals surface area contributed by atoms with Crippen LogP contribution in [0.5, 0.6) is 0 Å². The Hall–Kier alpha value is -3.06. The van der Waals surface area contributed by atoms with Gasteiger partial charge in [0.05, 0.1) is 11.4 Å². The fraction of sp³-hybridized carbons (Fsp3) is 0.286. The molecule has 0 aliphatic rings. The molecule has 0 fully saturated rings. The van der Waals surface area contributed by atoms with Crippen LogP contribution >= 0.6 is 0 Å². The summed E-state index contributed by atoms with van der Waals surface area (Å²) in [6.07, 6.45) is 3.48. The number of aromatic nitrogens is 5. The maximum Gasteiger partial charge on any atom is 0.158 e. The molecule has 7 heteroatoms. The van der Waals surface area contributed by atoms with Gasteiger partial charge in [-0.3, -0.25) is 5.10 Å². The number of nitrogens with one attached hydrogen (secondary N) is 1. The van der Waals surface area contributed by atoms with Crippen LogP contribution in [0.1, 0.15) is 49.4 Å². The van der Waals surface area contributed by atoms with Crippen LogP contribution < -0.4 is 5.73 Å². The molecule has 144 valence electrons. The Balaban J connectivity index is 1.90. The summed E-state index contributed by atoms with van der Waals surface area (Å²) in [6.45, 7) is 8.02. The normalized spacial score (nSPS) is 12.8. The maximum absolute atomic E-state index is 14.1. The van der Waals surface area contributed by atoms with Gasteiger partial charge in [-0.2, -0.15) is 10.2 Å². The fourth-order valence-corrected chi connectivity index (χ4v) is 3.62. The molecular formula is C21H23FN6. The van der Waals surface area contributed by atoms with Crippen LogP contribution in [0, 0.1) is 12.7 Å². The van der Waals surface area contributed by atoms with E-state index in [4.69, 9.17) is 5.73 Å². The number of nitrogens with two attached hydrogens (primary N) is 1. The molecule has 6 nitrogen and oxygen atoms in total. The lowest BCUT2D eigenvalue weighted by atomic mass is 9.93. The van der Waals surface area contributed by atoms with Crippen LogP contribution in [-0.4, -0.2) is 24.8 Å². The zero-order chi connectivity index (χ0) is 20.0. The zero-order valence-electron chi connectivity index (χ0n) is 16.4. The van der Waals surface area contributed by atoms with E-state index in [9.17, 15) is 4.39 Å². The first-order valence-corrected chi connectivity index (χ1v) is 9.30. The molecule has 1 unspecified atom stereocenters. The second-order valence-corrected chi connectivity index (χ2v) is 7.48. The zero-order valence-corrected chi connectivity index (χ0v) is 16.4. The van der Waals surface area contributed by atoms with Gasteiger partial charge >= 0.3 is 0 Å². The highest BCUT2D eigenvalue weighted by Crippen LogP contribution is 2.36. The highest BCUT2D eigenvalue weighted by atomic mass is 19.1. The summed E-state index contributed by atoms with van der Waals surface area (Å²) in [4.78, 5) is 4.28. The Morgan fingerprint density at radius 2 is 1.93 bits per heavy atom. The van der Waals surface area contributed by atoms with E-state index in [1.165, 1.54) is 6.07 Å². The van der Waals surface area contributed by atoms with Gasteiger partial charge in [-0.15, -0.1) is 0 Å². The van der Waals surface area contributed by atoms with Crippen molar-refractivity contribution in [1.29, 1.82) is 0 Å². The number of benzene rings is 1. The average Bonchev–Trinajstić information content (AvgIpc) is 3.28. The van der Waals surface area contributed by atoms with E-state index in [2.05, 4.69) is 40.2 Å². The summed E-state index contributed by atoms with van der Waals surface area (Å²) < 4.78 is 15.9. The standard InChI is InChI=1S/C21H23FN6/c1-11(2)18-19(14-5-6-17(22)16(8-14)13(4)23)26-27-20(18)15-7-12(3)21-24-10-25-28(21)9-15/h5-11,13H,23H2,1-4H3,(H,26,27). The third kappa shape index (κ3) is 2.97. The molecule has 3 heterocycles. The number of aryl methyl sites for hydroxylation is 1. The average molecular weight is 378 g/mol. The number of fused-ring (bicyclic) bond motifs is 1. The van der Waals surface area contributed by atoms with Crippen molar-refractivity contribution in [2.24, 2.45) is 5.73 Å². The van der Waals surface area contributed by atoms with E-state index in [0.717, 1.165) is 39.3 Å². The van der Waals surface area contributed by atoms with E-state index >= 15 is 0 Å². The van der Waals surface area contributed by atoms with Crippen molar-refractivity contribution >= 4 is 5.65 Å². The van der Waals surface area contributed by atoms with Crippen LogP contribution in [-0.2, 0) is 0 Å². The molecule has 0 aliphatic carbocycles. The highest BCUT2D eigenvalue weighted by Gasteiger charge is 2.21. The minimum absolute atomic E-state index is 0.208. The second kappa shape index (κ2) is 6.83. The van der Waals surface area contributed by atoms with Crippen LogP contribution in [0.25, 0.3) is 28.2 Å². The Morgan fingerprint density at radius 3 is 2.64 bits per heavy atom. The van der Waals surface area contributed by atoms with Gasteiger partial charge in [0.2, 0.25) is 0 Å². The number of rotatable bonds is 4. The lowest BCUT2D eigenvalue weighted by Gasteiger charge is -2.13. The van der Waals surface area contributed by atoms with Gasteiger partial charge in [0.25, 0.3) is 0 Å². The van der Waals surface area contributed by atoms with Crippen molar-refractivity contribution in [3.63, 3.8) is 0 Å². The molecule has 3 N–H and O–H groups in total. The number of hydrogen-bond donors (Lipinski definition) is 2. The second-order valence-electron chi connectivity index (χ2n) is 7.48. The van der Waals surface area contributed by atoms with E-state index in [1.807, 2.05) is 13.1 Å². The Kier molecular flexibility index (Phi) is 4.47. The van der Waals surface area contributed by atoms with E-state index in [1.54, 1.807) is 29.9 Å². The SMILES string of the molecule is Cc1cc(-c2[nH]nc(-c3ccc(F)c(C(C)N)c3)c2C(C)C)cn2ncnc12. The first-order valence-electron chi connectivity index (χ1n) is 9.30. The van der Waals surface area contributed by atoms with Crippen molar-refractivity contribution in [1.82, 2.24) is 24.8 Å². The third-order valence-electron chi connectivity index (χ3n) is 4.99. The highest BCUT2D eigenvalue weighted by molar-refractivity contribution is 5.76. The lowest BCUT2D eigenvalue weighted by molar-refractivity contribution is 0.594. The molecule has 1 atom stereocenters. The molecule has 0 saturated carbocycles. The summed E-state index contributed by atoms with van der Waals surface area (Å²) in [6, 6.07) is 6.68. The summed E-state index contributed by atoms with van der Waals surface area (Å²) in [7, 11) is 0. The van der Waals surface area contributed by atoms with Crippen LogP contribution in [0.15, 0.2) is 36.8 Å². The molecule has 0 bridgehead atoms. The predicted octanol–water partition coefficient (Wildman–Crippen LogP) is 4.38. The van der Waals surface area contributed by atoms with Gasteiger partial charge < -0.3 is 5.73 Å². The molecule has 0 aliphatic heterocycles. The van der Waals surface area contributed by atoms with E-state index in [0.29, 0.717) is 5.56 Å². The molecule has 0 spiro atoms. The Labute approximate surface area is 162 Å². The number of nitrogens with zero attached hydrogens (tertiary/aromatic N) is 4. The van der Waals surface area contributed by atoms with Crippen molar-refractivity contribution in [3.8, 4) is 22.5 Å². The summed E-state index contributed by atoms with van der Waals surface area (Å²) >= 11 is 0. The minimum Gasteiger partial charge on any atom is -0.324 e. The van der Waals surface area contributed by atoms with Gasteiger partial charge in [-0.05, 0) is 49.6 Å². The quantitative estimate of drug-likeness (QED) is 0.552. The van der Waals surface area contributed by atoms with E-state index < -0.39 is 6.04 Å². The Bertz CT molecular complexity index is 1160. The van der Waals surface area contributed by atoms with Gasteiger partial charge in [0.15, 0.2) is 5.65 Å². The molecule has 1 aromatic carbocycles. The number of halogens is 1. The molecule has 3 aromatic heterocycles. The molecule has 0 amide bonds. The van der Waals surface area contributed by atoms with Crippen LogP contribution in [0.3, 0.4) is 0 Å². The predicted molar refractivity (Wildman–Crippen MR) is 107 cm³/mol. The van der Waals surface area contributed by atoms with Gasteiger partial charge in [0.1, 0.15) is 12.1 Å². The maximum atomic E-state index is 14.1. The van der Waals surface area contributed by atoms with Crippen molar-refractivity contribution < 1.29 is 4.39 Å². The van der Waals surface area contributed by atoms with Crippen molar-refractivity contribution in [3.05, 3.63) is 59.3 Å². The topological polar surface area (TPSA) is 84.9 Å². The number of H-pyrrole nitrogens is 1. The summed E-state index contributed by atoms with van der Waals surface area (Å²) in [5.74, 6) is -0.0906. The van der Waals surface area contributed by atoms with Crippen molar-refractivity contribution in [2.45, 2.75) is 39.7 Å². The fourth-order valence-electron chi connectivity index (χ4n) is 3.62. The first-order chi connectivity index (χ1) is 13.4. The monoisotopic (exact) mass is 378 g/mol. The molecular weight excluding hydrogens is 355 g/mol. The van der Waals surface area contributed by atoms with Crippen LogP contribution in [0.4, 0.5) is 4.39 Å². The van der Waals surface area contributed by atoms with Crippen LogP contribution in [0.2, 0.25) is 0 Å². The third-order valence-corrected chi connectivity index (χ3v) is 4.99. The first kappa shape index (κ1) is 18.3. The van der Waals surface area contributed by atoms with Crippen molar-refractivity contribution in [2.75, 3.05) is 0 Å². The molecule has 28 heavy (non-hydrogen) atoms. The Morgan fingerprint density at radius 1 is 1.14 bits per heavy atom. The lowest BCUT2D eigenvalue weighted by Crippen LogP contribution is -2.07.